The Morgan fingerprint density at radius 3 is 2.46 bits per heavy atom. The van der Waals surface area contributed by atoms with Crippen molar-refractivity contribution in [2.75, 3.05) is 6.61 Å². The Labute approximate surface area is 165 Å². The second-order valence-corrected chi connectivity index (χ2v) is 6.89. The van der Waals surface area contributed by atoms with Gasteiger partial charge in [-0.25, -0.2) is 4.98 Å². The van der Waals surface area contributed by atoms with Crippen LogP contribution in [0.5, 0.6) is 5.75 Å². The molecule has 3 aromatic carbocycles. The van der Waals surface area contributed by atoms with Crippen LogP contribution >= 0.6 is 0 Å². The van der Waals surface area contributed by atoms with Crippen LogP contribution in [0.15, 0.2) is 78.9 Å². The minimum Gasteiger partial charge on any atom is -0.493 e. The Balaban J connectivity index is 1.54. The number of aliphatic hydroxyl groups is 1. The molecule has 1 heterocycles. The van der Waals surface area contributed by atoms with E-state index >= 15 is 0 Å². The average Bonchev–Trinajstić information content (AvgIpc) is 3.11. The highest BCUT2D eigenvalue weighted by molar-refractivity contribution is 5.76. The van der Waals surface area contributed by atoms with Gasteiger partial charge in [0.25, 0.3) is 0 Å². The third-order valence-corrected chi connectivity index (χ3v) is 4.92. The van der Waals surface area contributed by atoms with E-state index < -0.39 is 6.10 Å². The van der Waals surface area contributed by atoms with E-state index in [2.05, 4.69) is 4.57 Å². The number of hydrogen-bond donors (Lipinski definition) is 1. The van der Waals surface area contributed by atoms with Crippen LogP contribution in [0.4, 0.5) is 0 Å². The highest BCUT2D eigenvalue weighted by atomic mass is 16.5. The summed E-state index contributed by atoms with van der Waals surface area (Å²) in [7, 11) is 0. The van der Waals surface area contributed by atoms with Gasteiger partial charge in [-0.15, -0.1) is 0 Å². The van der Waals surface area contributed by atoms with Gasteiger partial charge in [0.15, 0.2) is 0 Å². The Kier molecular flexibility index (Phi) is 5.40. The lowest BCUT2D eigenvalue weighted by Gasteiger charge is -2.15. The molecule has 0 unspecified atom stereocenters. The number of ether oxygens (including phenoxy) is 1. The van der Waals surface area contributed by atoms with Crippen molar-refractivity contribution < 1.29 is 9.84 Å². The van der Waals surface area contributed by atoms with Gasteiger partial charge >= 0.3 is 0 Å². The molecule has 0 fully saturated rings. The summed E-state index contributed by atoms with van der Waals surface area (Å²) >= 11 is 0. The summed E-state index contributed by atoms with van der Waals surface area (Å²) in [6, 6.07) is 25.7. The fourth-order valence-electron chi connectivity index (χ4n) is 3.45. The van der Waals surface area contributed by atoms with Crippen LogP contribution in [0.3, 0.4) is 0 Å². The predicted octanol–water partition coefficient (Wildman–Crippen LogP) is 4.90. The number of aromatic nitrogens is 2. The SMILES string of the molecule is Cc1ccccc1OCCCn1c([C@H](O)c2ccccc2)nc2ccccc21. The van der Waals surface area contributed by atoms with Crippen molar-refractivity contribution in [3.63, 3.8) is 0 Å². The number of nitrogens with zero attached hydrogens (tertiary/aromatic N) is 2. The molecule has 4 heteroatoms. The quantitative estimate of drug-likeness (QED) is 0.470. The summed E-state index contributed by atoms with van der Waals surface area (Å²) < 4.78 is 8.04. The lowest BCUT2D eigenvalue weighted by atomic mass is 10.1. The molecule has 1 N–H and O–H groups in total. The molecule has 0 saturated heterocycles. The monoisotopic (exact) mass is 372 g/mol. The topological polar surface area (TPSA) is 47.3 Å². The summed E-state index contributed by atoms with van der Waals surface area (Å²) in [5, 5.41) is 10.9. The fraction of sp³-hybridized carbons (Fsp3) is 0.208. The van der Waals surface area contributed by atoms with Crippen molar-refractivity contribution in [1.29, 1.82) is 0 Å². The second-order valence-electron chi connectivity index (χ2n) is 6.89. The molecule has 0 bridgehead atoms. The summed E-state index contributed by atoms with van der Waals surface area (Å²) in [5.41, 5.74) is 3.90. The van der Waals surface area contributed by atoms with Crippen LogP contribution in [0.2, 0.25) is 0 Å². The number of hydrogen-bond acceptors (Lipinski definition) is 3. The van der Waals surface area contributed by atoms with E-state index in [1.165, 1.54) is 0 Å². The molecular formula is C24H24N2O2. The summed E-state index contributed by atoms with van der Waals surface area (Å²) in [6.45, 7) is 3.39. The molecule has 0 radical (unpaired) electrons. The van der Waals surface area contributed by atoms with Crippen LogP contribution in [0, 0.1) is 6.92 Å². The van der Waals surface area contributed by atoms with E-state index in [0.29, 0.717) is 12.4 Å². The molecular weight excluding hydrogens is 348 g/mol. The molecule has 1 aromatic heterocycles. The summed E-state index contributed by atoms with van der Waals surface area (Å²) in [5.74, 6) is 1.59. The molecule has 0 spiro atoms. The van der Waals surface area contributed by atoms with Crippen molar-refractivity contribution in [2.45, 2.75) is 26.0 Å². The predicted molar refractivity (Wildman–Crippen MR) is 112 cm³/mol. The van der Waals surface area contributed by atoms with Gasteiger partial charge in [0.2, 0.25) is 0 Å². The molecule has 4 rings (SSSR count). The highest BCUT2D eigenvalue weighted by Crippen LogP contribution is 2.26. The average molecular weight is 372 g/mol. The number of para-hydroxylation sites is 3. The molecule has 0 saturated carbocycles. The Hall–Kier alpha value is -3.11. The van der Waals surface area contributed by atoms with E-state index in [1.54, 1.807) is 0 Å². The number of benzene rings is 3. The zero-order valence-electron chi connectivity index (χ0n) is 16.0. The van der Waals surface area contributed by atoms with Crippen LogP contribution < -0.4 is 4.74 Å². The normalized spacial score (nSPS) is 12.2. The van der Waals surface area contributed by atoms with E-state index in [9.17, 15) is 5.11 Å². The van der Waals surface area contributed by atoms with Crippen molar-refractivity contribution >= 4 is 11.0 Å². The first-order valence-corrected chi connectivity index (χ1v) is 9.60. The molecule has 142 valence electrons. The third-order valence-electron chi connectivity index (χ3n) is 4.92. The maximum Gasteiger partial charge on any atom is 0.143 e. The van der Waals surface area contributed by atoms with Crippen molar-refractivity contribution in [3.8, 4) is 5.75 Å². The number of fused-ring (bicyclic) bond motifs is 1. The molecule has 0 aliphatic carbocycles. The fourth-order valence-corrected chi connectivity index (χ4v) is 3.45. The minimum absolute atomic E-state index is 0.609. The number of aryl methyl sites for hydroxylation is 2. The van der Waals surface area contributed by atoms with Crippen molar-refractivity contribution in [1.82, 2.24) is 9.55 Å². The summed E-state index contributed by atoms with van der Waals surface area (Å²) in [6.07, 6.45) is 0.0642. The van der Waals surface area contributed by atoms with Gasteiger partial charge in [-0.1, -0.05) is 60.7 Å². The Morgan fingerprint density at radius 1 is 0.929 bits per heavy atom. The first kappa shape index (κ1) is 18.3. The summed E-state index contributed by atoms with van der Waals surface area (Å²) in [4.78, 5) is 4.71. The van der Waals surface area contributed by atoms with E-state index in [0.717, 1.165) is 40.9 Å². The molecule has 0 aliphatic heterocycles. The van der Waals surface area contributed by atoms with Gasteiger partial charge in [0.05, 0.1) is 17.6 Å². The van der Waals surface area contributed by atoms with Crippen molar-refractivity contribution in [3.05, 3.63) is 95.8 Å². The van der Waals surface area contributed by atoms with Gasteiger partial charge in [-0.3, -0.25) is 0 Å². The Morgan fingerprint density at radius 2 is 1.64 bits per heavy atom. The van der Waals surface area contributed by atoms with E-state index in [4.69, 9.17) is 9.72 Å². The number of rotatable bonds is 7. The first-order valence-electron chi connectivity index (χ1n) is 9.60. The lowest BCUT2D eigenvalue weighted by molar-refractivity contribution is 0.203. The molecule has 1 atom stereocenters. The van der Waals surface area contributed by atoms with Crippen LogP contribution in [0.1, 0.15) is 29.5 Å². The molecule has 4 aromatic rings. The highest BCUT2D eigenvalue weighted by Gasteiger charge is 2.19. The van der Waals surface area contributed by atoms with Crippen LogP contribution in [-0.2, 0) is 6.54 Å². The lowest BCUT2D eigenvalue weighted by Crippen LogP contribution is -2.12. The maximum absolute atomic E-state index is 10.9. The zero-order valence-corrected chi connectivity index (χ0v) is 16.0. The third kappa shape index (κ3) is 3.78. The largest absolute Gasteiger partial charge is 0.493 e. The maximum atomic E-state index is 10.9. The molecule has 28 heavy (non-hydrogen) atoms. The van der Waals surface area contributed by atoms with Gasteiger partial charge in [0, 0.05) is 6.54 Å². The second kappa shape index (κ2) is 8.28. The number of aliphatic hydroxyl groups excluding tert-OH is 1. The molecule has 0 amide bonds. The first-order chi connectivity index (χ1) is 13.7. The molecule has 4 nitrogen and oxygen atoms in total. The number of imidazole rings is 1. The van der Waals surface area contributed by atoms with Crippen LogP contribution in [-0.4, -0.2) is 21.3 Å². The Bertz CT molecular complexity index is 1060. The zero-order chi connectivity index (χ0) is 19.3. The van der Waals surface area contributed by atoms with Gasteiger partial charge in [-0.05, 0) is 42.7 Å². The molecule has 0 aliphatic rings. The van der Waals surface area contributed by atoms with Gasteiger partial charge in [0.1, 0.15) is 17.7 Å². The van der Waals surface area contributed by atoms with Crippen LogP contribution in [0.25, 0.3) is 11.0 Å². The van der Waals surface area contributed by atoms with Gasteiger partial charge in [-0.2, -0.15) is 0 Å². The van der Waals surface area contributed by atoms with Crippen molar-refractivity contribution in [2.24, 2.45) is 0 Å². The smallest absolute Gasteiger partial charge is 0.143 e. The minimum atomic E-state index is -0.758. The van der Waals surface area contributed by atoms with E-state index in [1.807, 2.05) is 85.8 Å². The van der Waals surface area contributed by atoms with E-state index in [-0.39, 0.29) is 0 Å². The van der Waals surface area contributed by atoms with Gasteiger partial charge < -0.3 is 14.4 Å². The standard InChI is InChI=1S/C24H24N2O2/c1-18-10-5-8-15-22(18)28-17-9-16-26-21-14-7-6-13-20(21)25-24(26)23(27)19-11-3-2-4-12-19/h2-8,10-15,23,27H,9,16-17H2,1H3/t23-/m1/s1.